The van der Waals surface area contributed by atoms with Gasteiger partial charge in [-0.2, -0.15) is 0 Å². The highest BCUT2D eigenvalue weighted by molar-refractivity contribution is 5.94. The third-order valence-electron chi connectivity index (χ3n) is 3.22. The van der Waals surface area contributed by atoms with Gasteiger partial charge in [0, 0.05) is 18.7 Å². The molecule has 1 aromatic rings. The molecule has 2 N–H and O–H groups in total. The fourth-order valence-electron chi connectivity index (χ4n) is 2.06. The van der Waals surface area contributed by atoms with Crippen molar-refractivity contribution in [1.82, 2.24) is 4.90 Å². The van der Waals surface area contributed by atoms with E-state index in [9.17, 15) is 4.79 Å². The summed E-state index contributed by atoms with van der Waals surface area (Å²) in [6.45, 7) is 10.3. The normalized spacial score (nSPS) is 11.4. The Morgan fingerprint density at radius 2 is 2.05 bits per heavy atom. The summed E-state index contributed by atoms with van der Waals surface area (Å²) in [7, 11) is 0. The van der Waals surface area contributed by atoms with E-state index < -0.39 is 0 Å². The highest BCUT2D eigenvalue weighted by Crippen LogP contribution is 2.17. The van der Waals surface area contributed by atoms with Gasteiger partial charge in [0.15, 0.2) is 0 Å². The maximum Gasteiger partial charge on any atom is 0.253 e. The lowest BCUT2D eigenvalue weighted by atomic mass is 9.92. The second kappa shape index (κ2) is 6.71. The number of benzene rings is 1. The Balaban J connectivity index is 2.90. The summed E-state index contributed by atoms with van der Waals surface area (Å²) in [4.78, 5) is 14.5. The van der Waals surface area contributed by atoms with Crippen molar-refractivity contribution in [3.63, 3.8) is 0 Å². The second-order valence-corrected chi connectivity index (χ2v) is 5.96. The highest BCUT2D eigenvalue weighted by atomic mass is 16.2. The minimum atomic E-state index is -0.0470. The van der Waals surface area contributed by atoms with Crippen molar-refractivity contribution in [2.45, 2.75) is 34.1 Å². The van der Waals surface area contributed by atoms with Crippen LogP contribution in [0.1, 0.15) is 43.1 Å². The molecular weight excluding hydrogens is 236 g/mol. The van der Waals surface area contributed by atoms with Gasteiger partial charge in [-0.25, -0.2) is 0 Å². The van der Waals surface area contributed by atoms with Crippen LogP contribution in [0.2, 0.25) is 0 Å². The van der Waals surface area contributed by atoms with Gasteiger partial charge in [-0.1, -0.05) is 38.5 Å². The lowest BCUT2D eigenvalue weighted by Crippen LogP contribution is -2.42. The number of carbonyl (C=O) groups excluding carboxylic acids is 1. The van der Waals surface area contributed by atoms with E-state index in [1.807, 2.05) is 36.1 Å². The van der Waals surface area contributed by atoms with Crippen molar-refractivity contribution in [2.24, 2.45) is 11.1 Å². The molecule has 19 heavy (non-hydrogen) atoms. The summed E-state index contributed by atoms with van der Waals surface area (Å²) in [5, 5.41) is 0. The summed E-state index contributed by atoms with van der Waals surface area (Å²) < 4.78 is 0. The van der Waals surface area contributed by atoms with Crippen LogP contribution in [0, 0.1) is 12.3 Å². The van der Waals surface area contributed by atoms with E-state index in [1.54, 1.807) is 0 Å². The van der Waals surface area contributed by atoms with E-state index in [0.717, 1.165) is 24.1 Å². The van der Waals surface area contributed by atoms with Crippen LogP contribution in [-0.2, 0) is 0 Å². The number of rotatable bonds is 6. The lowest BCUT2D eigenvalue weighted by molar-refractivity contribution is 0.0689. The summed E-state index contributed by atoms with van der Waals surface area (Å²) in [6, 6.07) is 7.76. The maximum atomic E-state index is 12.6. The molecule has 3 heteroatoms. The van der Waals surface area contributed by atoms with Gasteiger partial charge in [-0.15, -0.1) is 0 Å². The maximum absolute atomic E-state index is 12.6. The molecule has 1 aromatic carbocycles. The predicted octanol–water partition coefficient (Wildman–Crippen LogP) is 2.83. The third kappa shape index (κ3) is 4.67. The molecule has 0 saturated heterocycles. The van der Waals surface area contributed by atoms with Gasteiger partial charge < -0.3 is 10.6 Å². The van der Waals surface area contributed by atoms with E-state index in [0.29, 0.717) is 13.1 Å². The summed E-state index contributed by atoms with van der Waals surface area (Å²) in [5.41, 5.74) is 7.61. The van der Waals surface area contributed by atoms with E-state index in [2.05, 4.69) is 20.8 Å². The van der Waals surface area contributed by atoms with Crippen LogP contribution in [0.15, 0.2) is 24.3 Å². The van der Waals surface area contributed by atoms with Crippen LogP contribution in [-0.4, -0.2) is 30.4 Å². The molecule has 1 rings (SSSR count). The molecule has 0 spiro atoms. The zero-order valence-electron chi connectivity index (χ0n) is 12.6. The molecule has 0 aliphatic rings. The summed E-state index contributed by atoms with van der Waals surface area (Å²) >= 11 is 0. The number of aryl methyl sites for hydroxylation is 1. The fraction of sp³-hybridized carbons (Fsp3) is 0.562. The smallest absolute Gasteiger partial charge is 0.253 e. The van der Waals surface area contributed by atoms with Crippen LogP contribution in [0.25, 0.3) is 0 Å². The molecule has 0 aliphatic heterocycles. The topological polar surface area (TPSA) is 46.3 Å². The van der Waals surface area contributed by atoms with Gasteiger partial charge in [0.1, 0.15) is 0 Å². The zero-order chi connectivity index (χ0) is 14.5. The number of hydrogen-bond acceptors (Lipinski definition) is 2. The van der Waals surface area contributed by atoms with Gasteiger partial charge in [0.2, 0.25) is 0 Å². The minimum Gasteiger partial charge on any atom is -0.338 e. The van der Waals surface area contributed by atoms with E-state index in [4.69, 9.17) is 5.73 Å². The first kappa shape index (κ1) is 15.7. The largest absolute Gasteiger partial charge is 0.338 e. The van der Waals surface area contributed by atoms with Crippen molar-refractivity contribution < 1.29 is 4.79 Å². The van der Waals surface area contributed by atoms with Gasteiger partial charge in [-0.3, -0.25) is 4.79 Å². The fourth-order valence-corrected chi connectivity index (χ4v) is 2.06. The lowest BCUT2D eigenvalue weighted by Gasteiger charge is -2.31. The Labute approximate surface area is 116 Å². The number of hydrogen-bond donors (Lipinski definition) is 1. The van der Waals surface area contributed by atoms with Crippen molar-refractivity contribution in [1.29, 1.82) is 0 Å². The Bertz CT molecular complexity index is 427. The number of nitrogens with two attached hydrogens (primary N) is 1. The Morgan fingerprint density at radius 1 is 1.37 bits per heavy atom. The van der Waals surface area contributed by atoms with Crippen molar-refractivity contribution in [2.75, 3.05) is 19.6 Å². The molecule has 0 unspecified atom stereocenters. The van der Waals surface area contributed by atoms with E-state index >= 15 is 0 Å². The summed E-state index contributed by atoms with van der Waals surface area (Å²) in [6.07, 6.45) is 0.957. The molecule has 1 amide bonds. The molecule has 0 bridgehead atoms. The van der Waals surface area contributed by atoms with Crippen LogP contribution < -0.4 is 5.73 Å². The average molecular weight is 262 g/mol. The molecule has 0 saturated carbocycles. The first-order valence-electron chi connectivity index (χ1n) is 6.95. The molecule has 106 valence electrons. The van der Waals surface area contributed by atoms with E-state index in [-0.39, 0.29) is 11.3 Å². The average Bonchev–Trinajstić information content (AvgIpc) is 2.37. The Hall–Kier alpha value is -1.35. The summed E-state index contributed by atoms with van der Waals surface area (Å²) in [5.74, 6) is 0.104. The quantitative estimate of drug-likeness (QED) is 0.857. The Kier molecular flexibility index (Phi) is 5.55. The van der Waals surface area contributed by atoms with Crippen molar-refractivity contribution in [3.05, 3.63) is 35.4 Å². The second-order valence-electron chi connectivity index (χ2n) is 5.96. The third-order valence-corrected chi connectivity index (χ3v) is 3.22. The molecule has 0 heterocycles. The number of amides is 1. The monoisotopic (exact) mass is 262 g/mol. The predicted molar refractivity (Wildman–Crippen MR) is 80.2 cm³/mol. The molecular formula is C16H26N2O. The van der Waals surface area contributed by atoms with E-state index in [1.165, 1.54) is 0 Å². The zero-order valence-corrected chi connectivity index (χ0v) is 12.6. The first-order chi connectivity index (χ1) is 8.89. The Morgan fingerprint density at radius 3 is 2.58 bits per heavy atom. The highest BCUT2D eigenvalue weighted by Gasteiger charge is 2.24. The van der Waals surface area contributed by atoms with Crippen LogP contribution >= 0.6 is 0 Å². The molecule has 0 fully saturated rings. The first-order valence-corrected chi connectivity index (χ1v) is 6.95. The SMILES string of the molecule is CCCN(CC(C)(C)CN)C(=O)c1cccc(C)c1. The standard InChI is InChI=1S/C16H26N2O/c1-5-9-18(12-16(3,4)11-17)15(19)14-8-6-7-13(2)10-14/h6-8,10H,5,9,11-12,17H2,1-4H3. The molecule has 0 atom stereocenters. The minimum absolute atomic E-state index is 0.0470. The van der Waals surface area contributed by atoms with Gasteiger partial charge >= 0.3 is 0 Å². The molecule has 3 nitrogen and oxygen atoms in total. The van der Waals surface area contributed by atoms with Crippen molar-refractivity contribution >= 4 is 5.91 Å². The van der Waals surface area contributed by atoms with Gasteiger partial charge in [0.05, 0.1) is 0 Å². The molecule has 0 aromatic heterocycles. The molecule has 0 radical (unpaired) electrons. The number of carbonyl (C=O) groups is 1. The van der Waals surface area contributed by atoms with Crippen LogP contribution in [0.4, 0.5) is 0 Å². The van der Waals surface area contributed by atoms with Gasteiger partial charge in [-0.05, 0) is 37.4 Å². The van der Waals surface area contributed by atoms with Crippen LogP contribution in [0.5, 0.6) is 0 Å². The number of nitrogens with zero attached hydrogens (tertiary/aromatic N) is 1. The van der Waals surface area contributed by atoms with Crippen LogP contribution in [0.3, 0.4) is 0 Å². The van der Waals surface area contributed by atoms with Gasteiger partial charge in [0.25, 0.3) is 5.91 Å². The van der Waals surface area contributed by atoms with Crippen molar-refractivity contribution in [3.8, 4) is 0 Å². The molecule has 0 aliphatic carbocycles.